The van der Waals surface area contributed by atoms with E-state index in [0.717, 1.165) is 33.9 Å². The van der Waals surface area contributed by atoms with Gasteiger partial charge in [-0.2, -0.15) is 0 Å². The molecular weight excluding hydrogens is 290 g/mol. The van der Waals surface area contributed by atoms with Crippen molar-refractivity contribution in [1.82, 2.24) is 0 Å². The largest absolute Gasteiger partial charge is 0.497 e. The van der Waals surface area contributed by atoms with Gasteiger partial charge in [0.15, 0.2) is 0 Å². The summed E-state index contributed by atoms with van der Waals surface area (Å²) in [5.74, 6) is 1.41. The SMILES string of the molecule is COc1ccc2c(c1)CC(C(=O)Nc1c(C)cccc1C)CO2. The number of methoxy groups -OCH3 is 1. The molecule has 2 aromatic rings. The standard InChI is InChI=1S/C19H21NO3/c1-12-5-4-6-13(2)18(12)20-19(21)15-9-14-10-16(22-3)7-8-17(14)23-11-15/h4-8,10,15H,9,11H2,1-3H3,(H,20,21). The lowest BCUT2D eigenvalue weighted by Gasteiger charge is -2.25. The van der Waals surface area contributed by atoms with Gasteiger partial charge in [0.1, 0.15) is 18.1 Å². The van der Waals surface area contributed by atoms with Crippen molar-refractivity contribution in [2.45, 2.75) is 20.3 Å². The minimum atomic E-state index is -0.200. The molecule has 1 amide bonds. The van der Waals surface area contributed by atoms with Gasteiger partial charge in [-0.15, -0.1) is 0 Å². The van der Waals surface area contributed by atoms with E-state index in [4.69, 9.17) is 9.47 Å². The van der Waals surface area contributed by atoms with Gasteiger partial charge in [0.25, 0.3) is 0 Å². The summed E-state index contributed by atoms with van der Waals surface area (Å²) in [6.45, 7) is 4.40. The van der Waals surface area contributed by atoms with Gasteiger partial charge in [-0.25, -0.2) is 0 Å². The normalized spacial score (nSPS) is 16.2. The van der Waals surface area contributed by atoms with Crippen LogP contribution >= 0.6 is 0 Å². The number of aryl methyl sites for hydroxylation is 2. The summed E-state index contributed by atoms with van der Waals surface area (Å²) in [4.78, 5) is 12.6. The van der Waals surface area contributed by atoms with Crippen LogP contribution in [0.3, 0.4) is 0 Å². The van der Waals surface area contributed by atoms with Crippen molar-refractivity contribution in [3.63, 3.8) is 0 Å². The summed E-state index contributed by atoms with van der Waals surface area (Å²) >= 11 is 0. The van der Waals surface area contributed by atoms with Crippen LogP contribution < -0.4 is 14.8 Å². The number of anilines is 1. The number of fused-ring (bicyclic) bond motifs is 1. The van der Waals surface area contributed by atoms with Crippen molar-refractivity contribution < 1.29 is 14.3 Å². The van der Waals surface area contributed by atoms with Gasteiger partial charge in [0.05, 0.1) is 13.0 Å². The second-order valence-corrected chi connectivity index (χ2v) is 5.94. The Hall–Kier alpha value is -2.49. The second-order valence-electron chi connectivity index (χ2n) is 5.94. The van der Waals surface area contributed by atoms with Crippen molar-refractivity contribution in [1.29, 1.82) is 0 Å². The third kappa shape index (κ3) is 3.16. The third-order valence-electron chi connectivity index (χ3n) is 4.27. The van der Waals surface area contributed by atoms with E-state index in [2.05, 4.69) is 5.32 Å². The fraction of sp³-hybridized carbons (Fsp3) is 0.316. The molecule has 1 aliphatic rings. The molecule has 0 aliphatic carbocycles. The monoisotopic (exact) mass is 311 g/mol. The third-order valence-corrected chi connectivity index (χ3v) is 4.27. The first-order valence-electron chi connectivity index (χ1n) is 7.75. The number of carbonyl (C=O) groups excluding carboxylic acids is 1. The number of ether oxygens (including phenoxy) is 2. The van der Waals surface area contributed by atoms with Gasteiger partial charge >= 0.3 is 0 Å². The van der Waals surface area contributed by atoms with E-state index in [-0.39, 0.29) is 11.8 Å². The maximum Gasteiger partial charge on any atom is 0.231 e. The Morgan fingerprint density at radius 1 is 1.22 bits per heavy atom. The molecule has 2 aromatic carbocycles. The Morgan fingerprint density at radius 2 is 1.96 bits per heavy atom. The highest BCUT2D eigenvalue weighted by molar-refractivity contribution is 5.94. The molecule has 0 spiro atoms. The molecule has 1 atom stereocenters. The van der Waals surface area contributed by atoms with E-state index in [1.54, 1.807) is 7.11 Å². The van der Waals surface area contributed by atoms with Gasteiger partial charge in [-0.1, -0.05) is 18.2 Å². The van der Waals surface area contributed by atoms with Gasteiger partial charge < -0.3 is 14.8 Å². The fourth-order valence-electron chi connectivity index (χ4n) is 2.90. The molecule has 1 N–H and O–H groups in total. The van der Waals surface area contributed by atoms with Crippen molar-refractivity contribution in [3.05, 3.63) is 53.1 Å². The summed E-state index contributed by atoms with van der Waals surface area (Å²) in [6.07, 6.45) is 0.656. The molecule has 120 valence electrons. The topological polar surface area (TPSA) is 47.6 Å². The van der Waals surface area contributed by atoms with Crippen LogP contribution in [0.5, 0.6) is 11.5 Å². The van der Waals surface area contributed by atoms with Crippen LogP contribution in [-0.2, 0) is 11.2 Å². The second kappa shape index (κ2) is 6.32. The molecule has 4 heteroatoms. The Labute approximate surface area is 136 Å². The molecule has 1 heterocycles. The van der Waals surface area contributed by atoms with Crippen LogP contribution in [0, 0.1) is 19.8 Å². The van der Waals surface area contributed by atoms with Crippen LogP contribution in [0.15, 0.2) is 36.4 Å². The average Bonchev–Trinajstić information content (AvgIpc) is 2.57. The highest BCUT2D eigenvalue weighted by Crippen LogP contribution is 2.31. The van der Waals surface area contributed by atoms with Gasteiger partial charge in [0.2, 0.25) is 5.91 Å². The molecule has 0 bridgehead atoms. The highest BCUT2D eigenvalue weighted by Gasteiger charge is 2.27. The zero-order chi connectivity index (χ0) is 16.4. The predicted octanol–water partition coefficient (Wildman–Crippen LogP) is 3.50. The molecule has 0 radical (unpaired) electrons. The van der Waals surface area contributed by atoms with Crippen molar-refractivity contribution >= 4 is 11.6 Å². The number of carbonyl (C=O) groups is 1. The molecule has 23 heavy (non-hydrogen) atoms. The zero-order valence-corrected chi connectivity index (χ0v) is 13.7. The van der Waals surface area contributed by atoms with Crippen LogP contribution in [0.2, 0.25) is 0 Å². The number of amides is 1. The Morgan fingerprint density at radius 3 is 2.65 bits per heavy atom. The molecule has 4 nitrogen and oxygen atoms in total. The lowest BCUT2D eigenvalue weighted by molar-refractivity contribution is -0.121. The van der Waals surface area contributed by atoms with E-state index in [0.29, 0.717) is 13.0 Å². The molecule has 0 fully saturated rings. The van der Waals surface area contributed by atoms with E-state index in [9.17, 15) is 4.79 Å². The summed E-state index contributed by atoms with van der Waals surface area (Å²) < 4.78 is 11.0. The zero-order valence-electron chi connectivity index (χ0n) is 13.7. The van der Waals surface area contributed by atoms with Crippen LogP contribution in [-0.4, -0.2) is 19.6 Å². The van der Waals surface area contributed by atoms with E-state index >= 15 is 0 Å². The summed E-state index contributed by atoms with van der Waals surface area (Å²) in [7, 11) is 1.64. The van der Waals surface area contributed by atoms with Crippen LogP contribution in [0.4, 0.5) is 5.69 Å². The quantitative estimate of drug-likeness (QED) is 0.943. The van der Waals surface area contributed by atoms with Crippen LogP contribution in [0.1, 0.15) is 16.7 Å². The number of para-hydroxylation sites is 1. The van der Waals surface area contributed by atoms with E-state index < -0.39 is 0 Å². The number of rotatable bonds is 3. The lowest BCUT2D eigenvalue weighted by atomic mass is 9.95. The number of hydrogen-bond donors (Lipinski definition) is 1. The summed E-state index contributed by atoms with van der Waals surface area (Å²) in [6, 6.07) is 11.7. The molecule has 1 aliphatic heterocycles. The molecule has 0 aromatic heterocycles. The molecular formula is C19H21NO3. The fourth-order valence-corrected chi connectivity index (χ4v) is 2.90. The number of hydrogen-bond acceptors (Lipinski definition) is 3. The smallest absolute Gasteiger partial charge is 0.231 e. The van der Waals surface area contributed by atoms with Crippen LogP contribution in [0.25, 0.3) is 0 Å². The maximum atomic E-state index is 12.6. The van der Waals surface area contributed by atoms with Gasteiger partial charge in [0, 0.05) is 5.69 Å². The number of nitrogens with one attached hydrogen (secondary N) is 1. The summed E-state index contributed by atoms with van der Waals surface area (Å²) in [5, 5.41) is 3.06. The Balaban J connectivity index is 1.76. The molecule has 3 rings (SSSR count). The predicted molar refractivity (Wildman–Crippen MR) is 90.2 cm³/mol. The van der Waals surface area contributed by atoms with Crippen molar-refractivity contribution in [2.75, 3.05) is 19.0 Å². The minimum Gasteiger partial charge on any atom is -0.497 e. The average molecular weight is 311 g/mol. The minimum absolute atomic E-state index is 0.00382. The molecule has 0 saturated heterocycles. The highest BCUT2D eigenvalue weighted by atomic mass is 16.5. The van der Waals surface area contributed by atoms with Crippen molar-refractivity contribution in [3.8, 4) is 11.5 Å². The Bertz CT molecular complexity index is 719. The van der Waals surface area contributed by atoms with Gasteiger partial charge in [-0.3, -0.25) is 4.79 Å². The first-order chi connectivity index (χ1) is 11.1. The van der Waals surface area contributed by atoms with E-state index in [1.165, 1.54) is 0 Å². The lowest BCUT2D eigenvalue weighted by Crippen LogP contribution is -2.33. The van der Waals surface area contributed by atoms with Gasteiger partial charge in [-0.05, 0) is 55.2 Å². The maximum absolute atomic E-state index is 12.6. The number of benzene rings is 2. The first kappa shape index (κ1) is 15.4. The molecule has 0 saturated carbocycles. The summed E-state index contributed by atoms with van der Waals surface area (Å²) in [5.41, 5.74) is 4.04. The Kier molecular flexibility index (Phi) is 4.24. The van der Waals surface area contributed by atoms with E-state index in [1.807, 2.05) is 50.2 Å². The van der Waals surface area contributed by atoms with Crippen molar-refractivity contribution in [2.24, 2.45) is 5.92 Å². The molecule has 1 unspecified atom stereocenters. The first-order valence-corrected chi connectivity index (χ1v) is 7.75.